The average Bonchev–Trinajstić information content (AvgIpc) is 3.14. The molecule has 1 saturated heterocycles. The minimum atomic E-state index is -0.543. The lowest BCUT2D eigenvalue weighted by molar-refractivity contribution is -0.179. The Kier molecular flexibility index (Phi) is 4.64. The van der Waals surface area contributed by atoms with Crippen LogP contribution in [0.5, 0.6) is 0 Å². The highest BCUT2D eigenvalue weighted by molar-refractivity contribution is 5.02. The van der Waals surface area contributed by atoms with Crippen LogP contribution in [0.25, 0.3) is 0 Å². The molecular formula is C16H25NO4. The molecule has 2 heterocycles. The maximum Gasteiger partial charge on any atom is 0.168 e. The van der Waals surface area contributed by atoms with E-state index in [0.29, 0.717) is 18.2 Å². The first-order valence-electron chi connectivity index (χ1n) is 7.92. The second-order valence-corrected chi connectivity index (χ2v) is 6.22. The quantitative estimate of drug-likeness (QED) is 0.873. The van der Waals surface area contributed by atoms with Crippen molar-refractivity contribution in [2.75, 3.05) is 13.2 Å². The standard InChI is InChI=1S/C16H25NO4/c1-12(11-14(18)15-3-2-8-19-15)17-13-4-6-16(7-5-13)20-9-10-21-16/h2-3,8,12-14,17-18H,4-7,9-11H2,1H3/t12-,14+/m0/s1. The number of hydrogen-bond acceptors (Lipinski definition) is 5. The molecule has 0 amide bonds. The molecule has 0 aromatic carbocycles. The molecule has 1 spiro atoms. The lowest BCUT2D eigenvalue weighted by Gasteiger charge is -2.37. The van der Waals surface area contributed by atoms with Gasteiger partial charge in [-0.25, -0.2) is 0 Å². The number of rotatable bonds is 5. The maximum absolute atomic E-state index is 10.1. The highest BCUT2D eigenvalue weighted by Crippen LogP contribution is 2.36. The molecule has 1 aliphatic carbocycles. The largest absolute Gasteiger partial charge is 0.467 e. The van der Waals surface area contributed by atoms with Crippen LogP contribution in [0.15, 0.2) is 22.8 Å². The molecule has 5 nitrogen and oxygen atoms in total. The SMILES string of the molecule is C[C@@H](C[C@@H](O)c1ccco1)NC1CCC2(CC1)OCCO2. The lowest BCUT2D eigenvalue weighted by Crippen LogP contribution is -2.45. The summed E-state index contributed by atoms with van der Waals surface area (Å²) < 4.78 is 16.7. The average molecular weight is 295 g/mol. The second kappa shape index (κ2) is 6.48. The van der Waals surface area contributed by atoms with Crippen molar-refractivity contribution in [3.8, 4) is 0 Å². The number of nitrogens with one attached hydrogen (secondary N) is 1. The van der Waals surface area contributed by atoms with Crippen LogP contribution in [0.4, 0.5) is 0 Å². The van der Waals surface area contributed by atoms with E-state index in [4.69, 9.17) is 13.9 Å². The van der Waals surface area contributed by atoms with E-state index >= 15 is 0 Å². The van der Waals surface area contributed by atoms with Crippen molar-refractivity contribution in [2.45, 2.75) is 63.0 Å². The van der Waals surface area contributed by atoms with Crippen molar-refractivity contribution >= 4 is 0 Å². The van der Waals surface area contributed by atoms with Crippen LogP contribution < -0.4 is 5.32 Å². The smallest absolute Gasteiger partial charge is 0.168 e. The van der Waals surface area contributed by atoms with Gasteiger partial charge in [-0.15, -0.1) is 0 Å². The maximum atomic E-state index is 10.1. The minimum Gasteiger partial charge on any atom is -0.467 e. The Morgan fingerprint density at radius 2 is 2.05 bits per heavy atom. The number of hydrogen-bond donors (Lipinski definition) is 2. The summed E-state index contributed by atoms with van der Waals surface area (Å²) in [6.45, 7) is 3.56. The monoisotopic (exact) mass is 295 g/mol. The Morgan fingerprint density at radius 1 is 1.33 bits per heavy atom. The first-order chi connectivity index (χ1) is 10.2. The van der Waals surface area contributed by atoms with Gasteiger partial charge in [0.1, 0.15) is 11.9 Å². The summed E-state index contributed by atoms with van der Waals surface area (Å²) in [5.74, 6) is 0.341. The van der Waals surface area contributed by atoms with E-state index in [-0.39, 0.29) is 11.8 Å². The number of aliphatic hydroxyl groups is 1. The van der Waals surface area contributed by atoms with Crippen molar-refractivity contribution in [1.82, 2.24) is 5.32 Å². The van der Waals surface area contributed by atoms with Gasteiger partial charge in [-0.3, -0.25) is 0 Å². The van der Waals surface area contributed by atoms with E-state index < -0.39 is 6.10 Å². The third kappa shape index (κ3) is 3.66. The van der Waals surface area contributed by atoms with Crippen molar-refractivity contribution in [3.05, 3.63) is 24.2 Å². The summed E-state index contributed by atoms with van der Waals surface area (Å²) >= 11 is 0. The molecule has 0 unspecified atom stereocenters. The fourth-order valence-electron chi connectivity index (χ4n) is 3.41. The van der Waals surface area contributed by atoms with Gasteiger partial charge in [-0.1, -0.05) is 0 Å². The molecule has 2 atom stereocenters. The third-order valence-electron chi connectivity index (χ3n) is 4.53. The summed E-state index contributed by atoms with van der Waals surface area (Å²) in [6, 6.07) is 4.34. The van der Waals surface area contributed by atoms with Gasteiger partial charge in [0.15, 0.2) is 5.79 Å². The van der Waals surface area contributed by atoms with Crippen LogP contribution in [0.3, 0.4) is 0 Å². The first-order valence-corrected chi connectivity index (χ1v) is 7.92. The highest BCUT2D eigenvalue weighted by atomic mass is 16.7. The number of furan rings is 1. The van der Waals surface area contributed by atoms with Crippen LogP contribution in [0.1, 0.15) is 50.9 Å². The summed E-state index contributed by atoms with van der Waals surface area (Å²) in [5.41, 5.74) is 0. The molecule has 2 N–H and O–H groups in total. The summed E-state index contributed by atoms with van der Waals surface area (Å²) in [6.07, 6.45) is 5.73. The van der Waals surface area contributed by atoms with Crippen LogP contribution in [-0.2, 0) is 9.47 Å². The molecule has 21 heavy (non-hydrogen) atoms. The molecule has 1 aromatic heterocycles. The van der Waals surface area contributed by atoms with Crippen LogP contribution in [-0.4, -0.2) is 36.2 Å². The van der Waals surface area contributed by atoms with E-state index in [0.717, 1.165) is 38.9 Å². The van der Waals surface area contributed by atoms with E-state index in [9.17, 15) is 5.11 Å². The van der Waals surface area contributed by atoms with E-state index in [1.807, 2.05) is 6.07 Å². The molecule has 2 aliphatic rings. The molecule has 0 radical (unpaired) electrons. The molecular weight excluding hydrogens is 270 g/mol. The first kappa shape index (κ1) is 15.0. The van der Waals surface area contributed by atoms with Gasteiger partial charge in [0, 0.05) is 24.9 Å². The zero-order valence-electron chi connectivity index (χ0n) is 12.6. The van der Waals surface area contributed by atoms with Crippen molar-refractivity contribution in [2.24, 2.45) is 0 Å². The van der Waals surface area contributed by atoms with Gasteiger partial charge < -0.3 is 24.3 Å². The van der Waals surface area contributed by atoms with Gasteiger partial charge >= 0.3 is 0 Å². The summed E-state index contributed by atoms with van der Waals surface area (Å²) in [4.78, 5) is 0. The fraction of sp³-hybridized carbons (Fsp3) is 0.750. The zero-order chi connectivity index (χ0) is 14.7. The Bertz CT molecular complexity index is 417. The van der Waals surface area contributed by atoms with Crippen molar-refractivity contribution in [3.63, 3.8) is 0 Å². The molecule has 5 heteroatoms. The molecule has 2 fully saturated rings. The molecule has 1 aromatic rings. The Balaban J connectivity index is 1.42. The summed E-state index contributed by atoms with van der Waals surface area (Å²) in [7, 11) is 0. The van der Waals surface area contributed by atoms with E-state index in [1.165, 1.54) is 0 Å². The Morgan fingerprint density at radius 3 is 2.67 bits per heavy atom. The van der Waals surface area contributed by atoms with Crippen molar-refractivity contribution < 1.29 is 19.0 Å². The zero-order valence-corrected chi connectivity index (χ0v) is 12.6. The Labute approximate surface area is 125 Å². The number of aliphatic hydroxyl groups excluding tert-OH is 1. The van der Waals surface area contributed by atoms with Gasteiger partial charge in [-0.05, 0) is 38.3 Å². The van der Waals surface area contributed by atoms with Crippen molar-refractivity contribution in [1.29, 1.82) is 0 Å². The van der Waals surface area contributed by atoms with Crippen LogP contribution >= 0.6 is 0 Å². The predicted octanol–water partition coefficient (Wildman–Crippen LogP) is 2.37. The predicted molar refractivity (Wildman–Crippen MR) is 77.8 cm³/mol. The molecule has 118 valence electrons. The van der Waals surface area contributed by atoms with Gasteiger partial charge in [-0.2, -0.15) is 0 Å². The lowest BCUT2D eigenvalue weighted by atomic mass is 9.89. The van der Waals surface area contributed by atoms with Gasteiger partial charge in [0.05, 0.1) is 19.5 Å². The molecule has 1 aliphatic heterocycles. The van der Waals surface area contributed by atoms with Gasteiger partial charge in [0.2, 0.25) is 0 Å². The van der Waals surface area contributed by atoms with Crippen LogP contribution in [0, 0.1) is 0 Å². The van der Waals surface area contributed by atoms with Gasteiger partial charge in [0.25, 0.3) is 0 Å². The number of ether oxygens (including phenoxy) is 2. The topological polar surface area (TPSA) is 63.9 Å². The van der Waals surface area contributed by atoms with E-state index in [1.54, 1.807) is 12.3 Å². The molecule has 0 bridgehead atoms. The normalized spacial score (nSPS) is 25.2. The Hall–Kier alpha value is -0.880. The highest BCUT2D eigenvalue weighted by Gasteiger charge is 2.40. The molecule has 3 rings (SSSR count). The van der Waals surface area contributed by atoms with Crippen LogP contribution in [0.2, 0.25) is 0 Å². The second-order valence-electron chi connectivity index (χ2n) is 6.22. The third-order valence-corrected chi connectivity index (χ3v) is 4.53. The fourth-order valence-corrected chi connectivity index (χ4v) is 3.41. The summed E-state index contributed by atoms with van der Waals surface area (Å²) in [5, 5.41) is 13.7. The van der Waals surface area contributed by atoms with E-state index in [2.05, 4.69) is 12.2 Å². The molecule has 1 saturated carbocycles. The minimum absolute atomic E-state index is 0.245.